The summed E-state index contributed by atoms with van der Waals surface area (Å²) in [6.45, 7) is 11.0. The molecule has 0 aliphatic carbocycles. The number of benzene rings is 1. The molecule has 0 bridgehead atoms. The van der Waals surface area contributed by atoms with E-state index in [4.69, 9.17) is 0 Å². The molecule has 0 N–H and O–H groups in total. The van der Waals surface area contributed by atoms with Gasteiger partial charge in [0.15, 0.2) is 0 Å². The molecular weight excluding hydrogens is 418 g/mol. The van der Waals surface area contributed by atoms with Gasteiger partial charge in [0.05, 0.1) is 0 Å². The van der Waals surface area contributed by atoms with Crippen molar-refractivity contribution in [1.29, 1.82) is 0 Å². The van der Waals surface area contributed by atoms with E-state index in [0.717, 1.165) is 0 Å². The Morgan fingerprint density at radius 3 is 1.87 bits per heavy atom. The van der Waals surface area contributed by atoms with Gasteiger partial charge in [-0.2, -0.15) is 23.8 Å². The van der Waals surface area contributed by atoms with Gasteiger partial charge < -0.3 is 24.8 Å². The molecule has 23 heavy (non-hydrogen) atoms. The second kappa shape index (κ2) is 13.2. The van der Waals surface area contributed by atoms with Gasteiger partial charge in [-0.3, -0.25) is 0 Å². The van der Waals surface area contributed by atoms with E-state index in [1.807, 2.05) is 0 Å². The number of aryl methyl sites for hydroxylation is 3. The van der Waals surface area contributed by atoms with Crippen LogP contribution in [-0.2, 0) is 23.3 Å². The standard InChI is InChI=1S/C10H9.C7H9.C2H6Si.2ClH.Zr/c1-8-6-9-4-2-3-5-10(9)7-8;1-6-3-4-7(2)5-6;1-3-2;;;/h2-7H,1H3;3-5H,1-2H3;1-2H3;2*1H;/q2*-1;;;;+2/p-2. The van der Waals surface area contributed by atoms with Gasteiger partial charge in [0.25, 0.3) is 0 Å². The van der Waals surface area contributed by atoms with Crippen LogP contribution in [0.1, 0.15) is 16.7 Å². The monoisotopic (exact) mass is 440 g/mol. The molecule has 4 heteroatoms. The third-order valence-corrected chi connectivity index (χ3v) is 2.83. The molecule has 0 amide bonds. The van der Waals surface area contributed by atoms with Crippen LogP contribution < -0.4 is 24.8 Å². The zero-order valence-corrected chi connectivity index (χ0v) is 19.4. The Bertz CT molecular complexity index is 645. The minimum absolute atomic E-state index is 0. The summed E-state index contributed by atoms with van der Waals surface area (Å²) in [5.41, 5.74) is 4.28. The first-order valence-corrected chi connectivity index (χ1v) is 13.4. The fraction of sp³-hybridized carbons (Fsp3) is 0.263. The molecule has 0 aromatic heterocycles. The van der Waals surface area contributed by atoms with Crippen molar-refractivity contribution in [2.45, 2.75) is 33.9 Å². The van der Waals surface area contributed by atoms with E-state index in [-0.39, 0.29) is 30.2 Å². The molecular formula is C19H24Cl2SiZr-2. The molecule has 3 aromatic carbocycles. The molecule has 0 radical (unpaired) electrons. The fourth-order valence-corrected chi connectivity index (χ4v) is 2.02. The minimum Gasteiger partial charge on any atom is -1.00 e. The number of hydrogen-bond acceptors (Lipinski definition) is 0. The molecule has 0 heterocycles. The summed E-state index contributed by atoms with van der Waals surface area (Å²) in [6, 6.07) is 19.2. The summed E-state index contributed by atoms with van der Waals surface area (Å²) < 4.78 is 0. The first-order chi connectivity index (χ1) is 9.88. The molecule has 0 fully saturated rings. The maximum atomic E-state index is 2.31. The van der Waals surface area contributed by atoms with Crippen LogP contribution in [0.25, 0.3) is 10.8 Å². The Labute approximate surface area is 168 Å². The quantitative estimate of drug-likeness (QED) is 0.331. The van der Waals surface area contributed by atoms with Crippen molar-refractivity contribution in [3.63, 3.8) is 0 Å². The molecule has 0 aliphatic rings. The second-order valence-corrected chi connectivity index (χ2v) is 15.0. The van der Waals surface area contributed by atoms with Gasteiger partial charge >= 0.3 is 41.9 Å². The average Bonchev–Trinajstić information content (AvgIpc) is 2.93. The number of halogens is 2. The van der Waals surface area contributed by atoms with E-state index in [1.165, 1.54) is 27.5 Å². The SMILES string of the molecule is C[Si](C)=[Zr+2].Cc1c[cH-]c(C)c1.Cc1cc2ccccc2[cH-]1.[Cl-].[Cl-]. The molecule has 0 atom stereocenters. The third kappa shape index (κ3) is 11.1. The van der Waals surface area contributed by atoms with Crippen molar-refractivity contribution in [2.75, 3.05) is 0 Å². The van der Waals surface area contributed by atoms with Crippen LogP contribution in [-0.4, -0.2) is 5.43 Å². The van der Waals surface area contributed by atoms with Gasteiger partial charge in [0, 0.05) is 0 Å². The van der Waals surface area contributed by atoms with Crippen LogP contribution in [0.2, 0.25) is 13.1 Å². The maximum absolute atomic E-state index is 2.31. The van der Waals surface area contributed by atoms with Crippen LogP contribution in [0.5, 0.6) is 0 Å². The third-order valence-electron chi connectivity index (χ3n) is 2.83. The van der Waals surface area contributed by atoms with Crippen molar-refractivity contribution in [1.82, 2.24) is 0 Å². The summed E-state index contributed by atoms with van der Waals surface area (Å²) in [4.78, 5) is 0. The minimum atomic E-state index is 0. The predicted octanol–water partition coefficient (Wildman–Crippen LogP) is -0.318. The number of hydrogen-bond donors (Lipinski definition) is 0. The van der Waals surface area contributed by atoms with Crippen molar-refractivity contribution in [3.8, 4) is 0 Å². The molecule has 0 spiro atoms. The summed E-state index contributed by atoms with van der Waals surface area (Å²) in [5.74, 6) is 0. The normalized spacial score (nSPS) is 8.65. The first kappa shape index (κ1) is 25.1. The van der Waals surface area contributed by atoms with Crippen LogP contribution in [0, 0.1) is 20.8 Å². The molecule has 0 saturated carbocycles. The average molecular weight is 443 g/mol. The van der Waals surface area contributed by atoms with Crippen molar-refractivity contribution >= 4 is 16.2 Å². The first-order valence-electron chi connectivity index (χ1n) is 7.22. The summed E-state index contributed by atoms with van der Waals surface area (Å²) >= 11 is 1.74. The van der Waals surface area contributed by atoms with E-state index >= 15 is 0 Å². The van der Waals surface area contributed by atoms with Crippen LogP contribution in [0.15, 0.2) is 54.6 Å². The van der Waals surface area contributed by atoms with Crippen molar-refractivity contribution in [2.24, 2.45) is 0 Å². The smallest absolute Gasteiger partial charge is 0.0579 e. The van der Waals surface area contributed by atoms with Crippen molar-refractivity contribution in [3.05, 3.63) is 71.3 Å². The Kier molecular flexibility index (Phi) is 14.4. The predicted molar refractivity (Wildman–Crippen MR) is 93.3 cm³/mol. The number of fused-ring (bicyclic) bond motifs is 1. The van der Waals surface area contributed by atoms with Gasteiger partial charge in [0.1, 0.15) is 0 Å². The van der Waals surface area contributed by atoms with Gasteiger partial charge in [0.2, 0.25) is 0 Å². The largest absolute Gasteiger partial charge is 1.00 e. The fourth-order valence-electron chi connectivity index (χ4n) is 2.02. The Morgan fingerprint density at radius 1 is 0.913 bits per heavy atom. The molecule has 124 valence electrons. The summed E-state index contributed by atoms with van der Waals surface area (Å²) in [5, 5.41) is 2.69. The molecule has 0 unspecified atom stereocenters. The Hall–Kier alpha value is -0.140. The molecule has 0 aliphatic heterocycles. The van der Waals surface area contributed by atoms with Crippen LogP contribution in [0.3, 0.4) is 0 Å². The van der Waals surface area contributed by atoms with Gasteiger partial charge in [-0.1, -0.05) is 26.8 Å². The summed E-state index contributed by atoms with van der Waals surface area (Å²) in [6.07, 6.45) is 0. The molecule has 0 saturated heterocycles. The molecule has 3 rings (SSSR count). The summed E-state index contributed by atoms with van der Waals surface area (Å²) in [7, 11) is 0. The van der Waals surface area contributed by atoms with Crippen molar-refractivity contribution < 1.29 is 48.1 Å². The van der Waals surface area contributed by atoms with Crippen LogP contribution in [0.4, 0.5) is 0 Å². The van der Waals surface area contributed by atoms with Crippen LogP contribution >= 0.6 is 0 Å². The maximum Gasteiger partial charge on any atom is -0.0579 e. The zero-order valence-electron chi connectivity index (χ0n) is 14.5. The number of rotatable bonds is 0. The Balaban J connectivity index is 0. The van der Waals surface area contributed by atoms with E-state index < -0.39 is 0 Å². The molecule has 0 nitrogen and oxygen atoms in total. The molecule has 3 aromatic rings. The van der Waals surface area contributed by atoms with E-state index in [9.17, 15) is 0 Å². The second-order valence-electron chi connectivity index (χ2n) is 5.63. The van der Waals surface area contributed by atoms with Gasteiger partial charge in [-0.05, 0) is 0 Å². The zero-order chi connectivity index (χ0) is 15.8. The van der Waals surface area contributed by atoms with E-state index in [1.54, 1.807) is 23.3 Å². The van der Waals surface area contributed by atoms with E-state index in [2.05, 4.69) is 88.5 Å². The Morgan fingerprint density at radius 2 is 1.48 bits per heavy atom. The van der Waals surface area contributed by atoms with E-state index in [0.29, 0.717) is 0 Å². The topological polar surface area (TPSA) is 0 Å². The van der Waals surface area contributed by atoms with Gasteiger partial charge in [-0.25, -0.2) is 11.6 Å². The van der Waals surface area contributed by atoms with Gasteiger partial charge in [-0.15, -0.1) is 40.6 Å².